The van der Waals surface area contributed by atoms with Crippen LogP contribution in [0.2, 0.25) is 0 Å². The first-order chi connectivity index (χ1) is 20.4. The Morgan fingerprint density at radius 3 is 2.16 bits per heavy atom. The summed E-state index contributed by atoms with van der Waals surface area (Å²) in [6.07, 6.45) is 9.94. The average Bonchev–Trinajstić information content (AvgIpc) is 3.83. The van der Waals surface area contributed by atoms with E-state index in [4.69, 9.17) is 4.74 Å². The number of hydrogen-bond acceptors (Lipinski definition) is 6. The van der Waals surface area contributed by atoms with E-state index >= 15 is 0 Å². The van der Waals surface area contributed by atoms with Crippen molar-refractivity contribution in [2.45, 2.75) is 101 Å². The van der Waals surface area contributed by atoms with Gasteiger partial charge in [-0.05, 0) is 42.9 Å². The maximum Gasteiger partial charge on any atom is 0.415 e. The highest BCUT2D eigenvalue weighted by Gasteiger charge is 2.26. The van der Waals surface area contributed by atoms with Crippen LogP contribution in [0, 0.1) is 5.92 Å². The van der Waals surface area contributed by atoms with Crippen LogP contribution in [0.3, 0.4) is 0 Å². The molecule has 1 saturated carbocycles. The number of fused-ring (bicyclic) bond motifs is 1. The van der Waals surface area contributed by atoms with Crippen LogP contribution in [0.1, 0.15) is 97.2 Å². The second kappa shape index (κ2) is 20.6. The van der Waals surface area contributed by atoms with Gasteiger partial charge in [-0.3, -0.25) is 14.6 Å². The van der Waals surface area contributed by atoms with Crippen LogP contribution in [0.25, 0.3) is 0 Å². The third-order valence-corrected chi connectivity index (χ3v) is 7.35. The van der Waals surface area contributed by atoms with Crippen molar-refractivity contribution in [2.75, 3.05) is 37.6 Å². The number of piperazine rings is 1. The first kappa shape index (κ1) is 37.8. The zero-order chi connectivity index (χ0) is 30.9. The Morgan fingerprint density at radius 2 is 1.65 bits per heavy atom. The SMILES string of the molecule is C.C=CC(=O)N1CCN(Cc2ccc(CC)cc2)CC1.CC.CC1CC1.CCCCc1ncc2c(n1)N(CC)C(=O)OC2. The van der Waals surface area contributed by atoms with E-state index < -0.39 is 0 Å². The molecule has 2 amide bonds. The van der Waals surface area contributed by atoms with E-state index in [1.807, 2.05) is 25.7 Å². The highest BCUT2D eigenvalue weighted by atomic mass is 16.6. The molecule has 240 valence electrons. The third kappa shape index (κ3) is 12.9. The zero-order valence-electron chi connectivity index (χ0n) is 26.9. The van der Waals surface area contributed by atoms with Crippen molar-refractivity contribution in [2.24, 2.45) is 5.92 Å². The van der Waals surface area contributed by atoms with Crippen LogP contribution >= 0.6 is 0 Å². The number of carbonyl (C=O) groups is 2. The fraction of sp³-hybridized carbons (Fsp3) is 0.600. The fourth-order valence-corrected chi connectivity index (χ4v) is 4.37. The standard InChI is InChI=1S/C16H22N2O.C12H17N3O2.C4H8.C2H6.CH4/c1-3-14-5-7-15(8-6-14)13-17-9-11-18(12-10-17)16(19)4-2;1-3-5-6-10-13-7-9-8-17-12(16)15(4-2)11(9)14-10;1-4-2-3-4;1-2;/h4-8H,2-3,9-13H2,1H3;7H,3-6,8H2,1-2H3;4H,2-3H2,1H3;1-2H3;1H4. The van der Waals surface area contributed by atoms with E-state index in [1.54, 1.807) is 11.1 Å². The maximum atomic E-state index is 11.6. The van der Waals surface area contributed by atoms with Gasteiger partial charge >= 0.3 is 6.09 Å². The molecule has 3 aliphatic rings. The highest BCUT2D eigenvalue weighted by Crippen LogP contribution is 2.26. The summed E-state index contributed by atoms with van der Waals surface area (Å²) in [6.45, 7) is 21.3. The van der Waals surface area contributed by atoms with E-state index in [2.05, 4.69) is 66.5 Å². The molecule has 5 rings (SSSR count). The number of aromatic nitrogens is 2. The van der Waals surface area contributed by atoms with Crippen LogP contribution in [0.4, 0.5) is 10.6 Å². The van der Waals surface area contributed by atoms with Crippen molar-refractivity contribution in [3.63, 3.8) is 0 Å². The number of carbonyl (C=O) groups excluding carboxylic acids is 2. The normalized spacial score (nSPS) is 15.5. The summed E-state index contributed by atoms with van der Waals surface area (Å²) in [5.74, 6) is 2.65. The summed E-state index contributed by atoms with van der Waals surface area (Å²) in [4.78, 5) is 37.6. The van der Waals surface area contributed by atoms with Gasteiger partial charge in [-0.25, -0.2) is 14.8 Å². The van der Waals surface area contributed by atoms with Gasteiger partial charge in [0.2, 0.25) is 5.91 Å². The van der Waals surface area contributed by atoms with E-state index in [0.717, 1.165) is 75.7 Å². The number of amides is 2. The fourth-order valence-electron chi connectivity index (χ4n) is 4.37. The summed E-state index contributed by atoms with van der Waals surface area (Å²) in [5, 5.41) is 0. The molecule has 2 aromatic rings. The summed E-state index contributed by atoms with van der Waals surface area (Å²) in [6, 6.07) is 8.82. The molecule has 0 spiro atoms. The van der Waals surface area contributed by atoms with Gasteiger partial charge in [0.15, 0.2) is 0 Å². The smallest absolute Gasteiger partial charge is 0.415 e. The largest absolute Gasteiger partial charge is 0.444 e. The van der Waals surface area contributed by atoms with Crippen LogP contribution in [-0.4, -0.2) is 64.5 Å². The summed E-state index contributed by atoms with van der Waals surface area (Å²) in [7, 11) is 0. The molecule has 2 aliphatic heterocycles. The topological polar surface area (TPSA) is 78.9 Å². The maximum absolute atomic E-state index is 11.6. The number of rotatable bonds is 8. The molecule has 1 aromatic heterocycles. The van der Waals surface area contributed by atoms with Gasteiger partial charge in [-0.1, -0.05) is 92.2 Å². The van der Waals surface area contributed by atoms with Crippen molar-refractivity contribution in [1.82, 2.24) is 19.8 Å². The minimum Gasteiger partial charge on any atom is -0.444 e. The van der Waals surface area contributed by atoms with Crippen molar-refractivity contribution < 1.29 is 14.3 Å². The number of hydrogen-bond donors (Lipinski definition) is 0. The van der Waals surface area contributed by atoms with Gasteiger partial charge in [0, 0.05) is 51.9 Å². The highest BCUT2D eigenvalue weighted by molar-refractivity contribution is 5.88. The molecule has 2 fully saturated rings. The molecule has 0 bridgehead atoms. The van der Waals surface area contributed by atoms with Crippen LogP contribution in [-0.2, 0) is 35.5 Å². The molecule has 0 N–H and O–H groups in total. The lowest BCUT2D eigenvalue weighted by Gasteiger charge is -2.34. The number of ether oxygens (including phenoxy) is 1. The molecule has 0 unspecified atom stereocenters. The molecule has 0 atom stereocenters. The average molecular weight is 596 g/mol. The lowest BCUT2D eigenvalue weighted by Crippen LogP contribution is -2.47. The molecule has 1 saturated heterocycles. The van der Waals surface area contributed by atoms with Crippen LogP contribution < -0.4 is 4.90 Å². The van der Waals surface area contributed by atoms with Crippen molar-refractivity contribution in [1.29, 1.82) is 0 Å². The Hall–Kier alpha value is -3.26. The van der Waals surface area contributed by atoms with Crippen molar-refractivity contribution >= 4 is 17.8 Å². The molecule has 0 radical (unpaired) electrons. The molecule has 3 heterocycles. The van der Waals surface area contributed by atoms with Gasteiger partial charge in [-0.2, -0.15) is 0 Å². The zero-order valence-corrected chi connectivity index (χ0v) is 26.9. The van der Waals surface area contributed by atoms with Gasteiger partial charge in [0.05, 0.1) is 5.56 Å². The summed E-state index contributed by atoms with van der Waals surface area (Å²) >= 11 is 0. The summed E-state index contributed by atoms with van der Waals surface area (Å²) in [5.41, 5.74) is 3.61. The van der Waals surface area contributed by atoms with Crippen molar-refractivity contribution in [3.05, 3.63) is 65.6 Å². The minimum atomic E-state index is -0.319. The van der Waals surface area contributed by atoms with E-state index in [-0.39, 0.29) is 26.0 Å². The number of benzene rings is 1. The Bertz CT molecular complexity index is 1090. The van der Waals surface area contributed by atoms with E-state index in [0.29, 0.717) is 12.4 Å². The minimum absolute atomic E-state index is 0. The van der Waals surface area contributed by atoms with Crippen LogP contribution in [0.5, 0.6) is 0 Å². The predicted molar refractivity (Wildman–Crippen MR) is 178 cm³/mol. The van der Waals surface area contributed by atoms with Gasteiger partial charge < -0.3 is 9.64 Å². The number of anilines is 1. The quantitative estimate of drug-likeness (QED) is 0.295. The number of cyclic esters (lactones) is 1. The van der Waals surface area contributed by atoms with Gasteiger partial charge in [-0.15, -0.1) is 0 Å². The first-order valence-electron chi connectivity index (χ1n) is 15.9. The monoisotopic (exact) mass is 595 g/mol. The van der Waals surface area contributed by atoms with Gasteiger partial charge in [0.25, 0.3) is 0 Å². The molecule has 43 heavy (non-hydrogen) atoms. The Labute approximate surface area is 261 Å². The van der Waals surface area contributed by atoms with Gasteiger partial charge in [0.1, 0.15) is 18.2 Å². The molecule has 1 aliphatic carbocycles. The van der Waals surface area contributed by atoms with Crippen molar-refractivity contribution in [3.8, 4) is 0 Å². The van der Waals surface area contributed by atoms with Crippen LogP contribution in [0.15, 0.2) is 43.1 Å². The molecule has 1 aromatic carbocycles. The Balaban J connectivity index is 0.000000355. The van der Waals surface area contributed by atoms with E-state index in [9.17, 15) is 9.59 Å². The Kier molecular flexibility index (Phi) is 18.1. The second-order valence-electron chi connectivity index (χ2n) is 10.7. The third-order valence-electron chi connectivity index (χ3n) is 7.35. The molecule has 8 nitrogen and oxygen atoms in total. The molecule has 8 heteroatoms. The number of unbranched alkanes of at least 4 members (excludes halogenated alkanes) is 1. The first-order valence-corrected chi connectivity index (χ1v) is 15.9. The summed E-state index contributed by atoms with van der Waals surface area (Å²) < 4.78 is 5.04. The molecular formula is C35H57N5O3. The predicted octanol–water partition coefficient (Wildman–Crippen LogP) is 7.45. The lowest BCUT2D eigenvalue weighted by atomic mass is 10.1. The lowest BCUT2D eigenvalue weighted by molar-refractivity contribution is -0.127. The molecular weight excluding hydrogens is 538 g/mol. The second-order valence-corrected chi connectivity index (χ2v) is 10.7. The van der Waals surface area contributed by atoms with E-state index in [1.165, 1.54) is 30.0 Å². The number of aryl methyl sites for hydroxylation is 2. The number of nitrogens with zero attached hydrogens (tertiary/aromatic N) is 5. The Morgan fingerprint density at radius 1 is 1.05 bits per heavy atom.